The van der Waals surface area contributed by atoms with Gasteiger partial charge in [-0.15, -0.1) is 5.10 Å². The lowest BCUT2D eigenvalue weighted by Crippen LogP contribution is -2.12. The molecule has 0 spiro atoms. The highest BCUT2D eigenvalue weighted by Gasteiger charge is 2.14. The molecule has 1 fully saturated rings. The van der Waals surface area contributed by atoms with Crippen LogP contribution in [0, 0.1) is 0 Å². The Morgan fingerprint density at radius 1 is 1.29 bits per heavy atom. The van der Waals surface area contributed by atoms with Crippen LogP contribution in [0.5, 0.6) is 0 Å². The van der Waals surface area contributed by atoms with Gasteiger partial charge < -0.3 is 10.1 Å². The van der Waals surface area contributed by atoms with Gasteiger partial charge in [-0.05, 0) is 19.8 Å². The fourth-order valence-electron chi connectivity index (χ4n) is 2.20. The van der Waals surface area contributed by atoms with Gasteiger partial charge in [0.05, 0.1) is 12.7 Å². The van der Waals surface area contributed by atoms with Crippen molar-refractivity contribution in [3.05, 3.63) is 5.69 Å². The minimum atomic E-state index is 0.425. The molecule has 1 aliphatic carbocycles. The van der Waals surface area contributed by atoms with E-state index >= 15 is 0 Å². The Hall–Kier alpha value is -0.680. The Labute approximate surface area is 107 Å². The summed E-state index contributed by atoms with van der Waals surface area (Å²) in [6.45, 7) is 3.58. The zero-order chi connectivity index (χ0) is 11.9. The van der Waals surface area contributed by atoms with Gasteiger partial charge in [-0.25, -0.2) is 0 Å². The highest BCUT2D eigenvalue weighted by molar-refractivity contribution is 7.10. The number of anilines is 1. The van der Waals surface area contributed by atoms with Gasteiger partial charge in [-0.1, -0.05) is 30.2 Å². The number of nitrogens with zero attached hydrogens (tertiary/aromatic N) is 2. The summed E-state index contributed by atoms with van der Waals surface area (Å²) in [7, 11) is 0. The van der Waals surface area contributed by atoms with E-state index in [0.717, 1.165) is 17.2 Å². The van der Waals surface area contributed by atoms with Crippen LogP contribution in [0.15, 0.2) is 0 Å². The van der Waals surface area contributed by atoms with Gasteiger partial charge in [-0.2, -0.15) is 0 Å². The lowest BCUT2D eigenvalue weighted by Gasteiger charge is -2.14. The first-order chi connectivity index (χ1) is 8.40. The molecule has 5 heteroatoms. The average Bonchev–Trinajstić information content (AvgIpc) is 2.63. The molecule has 0 aliphatic heterocycles. The molecule has 1 heterocycles. The standard InChI is InChI=1S/C12H21N3OS/c1-2-13-12-11(14-15-17-12)9-16-10-7-5-3-4-6-8-10/h10,13H,2-9H2,1H3. The molecule has 0 amide bonds. The van der Waals surface area contributed by atoms with E-state index in [1.807, 2.05) is 0 Å². The Morgan fingerprint density at radius 2 is 2.06 bits per heavy atom. The molecule has 17 heavy (non-hydrogen) atoms. The predicted octanol–water partition coefficient (Wildman–Crippen LogP) is 3.21. The Morgan fingerprint density at radius 3 is 2.76 bits per heavy atom. The molecule has 96 valence electrons. The van der Waals surface area contributed by atoms with Gasteiger partial charge in [0.1, 0.15) is 10.7 Å². The molecular weight excluding hydrogens is 234 g/mol. The Kier molecular flexibility index (Phi) is 5.19. The molecule has 1 N–H and O–H groups in total. The Bertz CT molecular complexity index is 321. The maximum absolute atomic E-state index is 5.96. The number of aromatic nitrogens is 2. The summed E-state index contributed by atoms with van der Waals surface area (Å²) in [5.74, 6) is 0. The van der Waals surface area contributed by atoms with Gasteiger partial charge in [0, 0.05) is 18.1 Å². The number of ether oxygens (including phenoxy) is 1. The summed E-state index contributed by atoms with van der Waals surface area (Å²) in [5.41, 5.74) is 0.959. The number of hydrogen-bond acceptors (Lipinski definition) is 5. The molecule has 0 atom stereocenters. The van der Waals surface area contributed by atoms with Crippen LogP contribution in [0.4, 0.5) is 5.00 Å². The maximum atomic E-state index is 5.96. The van der Waals surface area contributed by atoms with Crippen molar-refractivity contribution in [1.29, 1.82) is 0 Å². The first kappa shape index (κ1) is 12.8. The van der Waals surface area contributed by atoms with Crippen molar-refractivity contribution in [1.82, 2.24) is 9.59 Å². The van der Waals surface area contributed by atoms with Crippen molar-refractivity contribution < 1.29 is 4.74 Å². The van der Waals surface area contributed by atoms with Crippen LogP contribution >= 0.6 is 11.5 Å². The highest BCUT2D eigenvalue weighted by atomic mass is 32.1. The molecule has 2 rings (SSSR count). The van der Waals surface area contributed by atoms with Crippen molar-refractivity contribution in [3.8, 4) is 0 Å². The molecule has 0 aromatic carbocycles. The zero-order valence-corrected chi connectivity index (χ0v) is 11.3. The number of hydrogen-bond donors (Lipinski definition) is 1. The van der Waals surface area contributed by atoms with Crippen LogP contribution in [0.2, 0.25) is 0 Å². The lowest BCUT2D eigenvalue weighted by molar-refractivity contribution is 0.0295. The predicted molar refractivity (Wildman–Crippen MR) is 70.4 cm³/mol. The van der Waals surface area contributed by atoms with Crippen molar-refractivity contribution >= 4 is 16.5 Å². The van der Waals surface area contributed by atoms with Crippen LogP contribution in [0.3, 0.4) is 0 Å². The van der Waals surface area contributed by atoms with E-state index < -0.39 is 0 Å². The fourth-order valence-corrected chi connectivity index (χ4v) is 2.84. The van der Waals surface area contributed by atoms with Crippen molar-refractivity contribution in [3.63, 3.8) is 0 Å². The number of nitrogens with one attached hydrogen (secondary N) is 1. The van der Waals surface area contributed by atoms with Gasteiger partial charge in [-0.3, -0.25) is 0 Å². The Balaban J connectivity index is 1.81. The molecule has 1 aliphatic rings. The maximum Gasteiger partial charge on any atom is 0.135 e. The second kappa shape index (κ2) is 6.91. The summed E-state index contributed by atoms with van der Waals surface area (Å²) in [6.07, 6.45) is 8.16. The monoisotopic (exact) mass is 255 g/mol. The highest BCUT2D eigenvalue weighted by Crippen LogP contribution is 2.23. The van der Waals surface area contributed by atoms with Gasteiger partial charge in [0.2, 0.25) is 0 Å². The minimum absolute atomic E-state index is 0.425. The smallest absolute Gasteiger partial charge is 0.135 e. The van der Waals surface area contributed by atoms with E-state index in [9.17, 15) is 0 Å². The summed E-state index contributed by atoms with van der Waals surface area (Å²) in [5, 5.41) is 8.45. The van der Waals surface area contributed by atoms with Crippen molar-refractivity contribution in [2.75, 3.05) is 11.9 Å². The molecule has 4 nitrogen and oxygen atoms in total. The molecule has 1 aromatic rings. The fraction of sp³-hybridized carbons (Fsp3) is 0.833. The van der Waals surface area contributed by atoms with Crippen LogP contribution in [0.1, 0.15) is 51.1 Å². The molecule has 0 bridgehead atoms. The third kappa shape index (κ3) is 3.92. The van der Waals surface area contributed by atoms with E-state index in [0.29, 0.717) is 12.7 Å². The molecule has 1 aromatic heterocycles. The second-order valence-electron chi connectivity index (χ2n) is 4.50. The summed E-state index contributed by atoms with van der Waals surface area (Å²) < 4.78 is 9.93. The summed E-state index contributed by atoms with van der Waals surface area (Å²) >= 11 is 1.41. The normalized spacial score (nSPS) is 17.9. The first-order valence-electron chi connectivity index (χ1n) is 6.57. The minimum Gasteiger partial charge on any atom is -0.374 e. The van der Waals surface area contributed by atoms with Gasteiger partial charge in [0.15, 0.2) is 0 Å². The summed E-state index contributed by atoms with van der Waals surface area (Å²) in [4.78, 5) is 0. The van der Waals surface area contributed by atoms with Crippen LogP contribution in [-0.2, 0) is 11.3 Å². The quantitative estimate of drug-likeness (QED) is 0.821. The second-order valence-corrected chi connectivity index (χ2v) is 5.26. The van der Waals surface area contributed by atoms with Crippen LogP contribution in [-0.4, -0.2) is 22.2 Å². The average molecular weight is 255 g/mol. The van der Waals surface area contributed by atoms with Gasteiger partial charge >= 0.3 is 0 Å². The van der Waals surface area contributed by atoms with E-state index in [4.69, 9.17) is 4.74 Å². The lowest BCUT2D eigenvalue weighted by atomic mass is 10.1. The zero-order valence-electron chi connectivity index (χ0n) is 10.4. The molecule has 1 saturated carbocycles. The largest absolute Gasteiger partial charge is 0.374 e. The van der Waals surface area contributed by atoms with Gasteiger partial charge in [0.25, 0.3) is 0 Å². The molecule has 0 saturated heterocycles. The van der Waals surface area contributed by atoms with E-state index in [1.165, 1.54) is 50.1 Å². The molecular formula is C12H21N3OS. The van der Waals surface area contributed by atoms with E-state index in [2.05, 4.69) is 21.8 Å². The van der Waals surface area contributed by atoms with Crippen molar-refractivity contribution in [2.45, 2.75) is 58.2 Å². The third-order valence-electron chi connectivity index (χ3n) is 3.15. The molecule has 0 radical (unpaired) electrons. The van der Waals surface area contributed by atoms with Crippen LogP contribution < -0.4 is 5.32 Å². The van der Waals surface area contributed by atoms with E-state index in [1.54, 1.807) is 0 Å². The SMILES string of the molecule is CCNc1snnc1COC1CCCCCC1. The summed E-state index contributed by atoms with van der Waals surface area (Å²) in [6, 6.07) is 0. The van der Waals surface area contributed by atoms with E-state index in [-0.39, 0.29) is 0 Å². The third-order valence-corrected chi connectivity index (χ3v) is 3.88. The van der Waals surface area contributed by atoms with Crippen LogP contribution in [0.25, 0.3) is 0 Å². The molecule has 0 unspecified atom stereocenters. The van der Waals surface area contributed by atoms with Crippen molar-refractivity contribution in [2.24, 2.45) is 0 Å². The first-order valence-corrected chi connectivity index (χ1v) is 7.34. The number of rotatable bonds is 5. The topological polar surface area (TPSA) is 47.0 Å².